The van der Waals surface area contributed by atoms with E-state index in [2.05, 4.69) is 97.1 Å². The molecule has 1 aliphatic heterocycles. The Bertz CT molecular complexity index is 2340. The molecule has 0 atom stereocenters. The zero-order valence-corrected chi connectivity index (χ0v) is 24.2. The molecule has 9 rings (SSSR count). The lowest BCUT2D eigenvalue weighted by molar-refractivity contribution is 0.487. The molecule has 0 saturated heterocycles. The molecule has 4 nitrogen and oxygen atoms in total. The van der Waals surface area contributed by atoms with E-state index in [9.17, 15) is 0 Å². The van der Waals surface area contributed by atoms with Gasteiger partial charge in [-0.25, -0.2) is 9.97 Å². The molecule has 0 bridgehead atoms. The lowest BCUT2D eigenvalue weighted by Gasteiger charge is -2.22. The predicted molar refractivity (Wildman–Crippen MR) is 182 cm³/mol. The first-order chi connectivity index (χ1) is 22.3. The van der Waals surface area contributed by atoms with Gasteiger partial charge < -0.3 is 4.74 Å². The van der Waals surface area contributed by atoms with Crippen molar-refractivity contribution in [1.82, 2.24) is 15.0 Å². The molecule has 0 saturated carbocycles. The van der Waals surface area contributed by atoms with Crippen LogP contribution in [0, 0.1) is 0 Å². The Morgan fingerprint density at radius 1 is 0.422 bits per heavy atom. The smallest absolute Gasteiger partial charge is 0.160 e. The fourth-order valence-electron chi connectivity index (χ4n) is 6.32. The lowest BCUT2D eigenvalue weighted by Crippen LogP contribution is -1.98. The molecule has 1 aliphatic rings. The fraction of sp³-hybridized carbons (Fsp3) is 0. The zero-order chi connectivity index (χ0) is 29.7. The van der Waals surface area contributed by atoms with E-state index in [-0.39, 0.29) is 0 Å². The number of rotatable bonds is 4. The van der Waals surface area contributed by atoms with Crippen LogP contribution < -0.4 is 4.74 Å². The number of benzene rings is 6. The SMILES string of the molecule is c1ccc(-c2cc(-c3ccccc3)nc(-c3ccc4cc(-c5ccc6c7c(cccc57)-c5ccccc5O6)ncc4c3)n2)cc1. The summed E-state index contributed by atoms with van der Waals surface area (Å²) in [7, 11) is 0. The molecule has 0 aliphatic carbocycles. The van der Waals surface area contributed by atoms with Crippen LogP contribution in [0.15, 0.2) is 152 Å². The van der Waals surface area contributed by atoms with Crippen LogP contribution in [0.4, 0.5) is 0 Å². The predicted octanol–water partition coefficient (Wildman–Crippen LogP) is 10.6. The number of pyridine rings is 1. The second-order valence-corrected chi connectivity index (χ2v) is 11.3. The summed E-state index contributed by atoms with van der Waals surface area (Å²) in [5.74, 6) is 2.45. The van der Waals surface area contributed by atoms with Crippen molar-refractivity contribution in [1.29, 1.82) is 0 Å². The molecule has 0 N–H and O–H groups in total. The van der Waals surface area contributed by atoms with Crippen LogP contribution in [-0.4, -0.2) is 15.0 Å². The first kappa shape index (κ1) is 25.4. The summed E-state index contributed by atoms with van der Waals surface area (Å²) in [5, 5.41) is 4.39. The summed E-state index contributed by atoms with van der Waals surface area (Å²) >= 11 is 0. The van der Waals surface area contributed by atoms with E-state index in [4.69, 9.17) is 19.7 Å². The van der Waals surface area contributed by atoms with Crippen LogP contribution in [0.3, 0.4) is 0 Å². The second-order valence-electron chi connectivity index (χ2n) is 11.3. The Morgan fingerprint density at radius 3 is 1.91 bits per heavy atom. The highest BCUT2D eigenvalue weighted by molar-refractivity contribution is 6.10. The third-order valence-corrected chi connectivity index (χ3v) is 8.52. The number of aromatic nitrogens is 3. The van der Waals surface area contributed by atoms with Gasteiger partial charge in [0, 0.05) is 44.8 Å². The maximum absolute atomic E-state index is 6.31. The summed E-state index contributed by atoms with van der Waals surface area (Å²) in [6, 6.07) is 50.0. The van der Waals surface area contributed by atoms with Crippen LogP contribution in [0.1, 0.15) is 0 Å². The molecule has 210 valence electrons. The van der Waals surface area contributed by atoms with Gasteiger partial charge in [-0.3, -0.25) is 4.98 Å². The molecule has 6 aromatic carbocycles. The molecule has 3 heterocycles. The first-order valence-corrected chi connectivity index (χ1v) is 15.0. The summed E-state index contributed by atoms with van der Waals surface area (Å²) in [5.41, 5.74) is 9.14. The highest BCUT2D eigenvalue weighted by atomic mass is 16.5. The number of hydrogen-bond acceptors (Lipinski definition) is 4. The molecule has 8 aromatic rings. The molecular formula is C41H25N3O. The lowest BCUT2D eigenvalue weighted by atomic mass is 9.91. The van der Waals surface area contributed by atoms with Crippen LogP contribution in [0.2, 0.25) is 0 Å². The van der Waals surface area contributed by atoms with E-state index in [0.717, 1.165) is 77.9 Å². The number of para-hydroxylation sites is 1. The second kappa shape index (κ2) is 10.2. The van der Waals surface area contributed by atoms with E-state index < -0.39 is 0 Å². The molecular weight excluding hydrogens is 550 g/mol. The number of ether oxygens (including phenoxy) is 1. The summed E-state index contributed by atoms with van der Waals surface area (Å²) in [6.45, 7) is 0. The minimum atomic E-state index is 0.685. The Hall–Kier alpha value is -6.13. The van der Waals surface area contributed by atoms with Gasteiger partial charge in [-0.2, -0.15) is 0 Å². The van der Waals surface area contributed by atoms with E-state index in [1.165, 1.54) is 5.56 Å². The van der Waals surface area contributed by atoms with Crippen molar-refractivity contribution in [3.8, 4) is 67.8 Å². The van der Waals surface area contributed by atoms with Gasteiger partial charge in [-0.05, 0) is 52.7 Å². The summed E-state index contributed by atoms with van der Waals surface area (Å²) in [6.07, 6.45) is 1.95. The van der Waals surface area contributed by atoms with Gasteiger partial charge in [0.05, 0.1) is 17.1 Å². The molecule has 0 spiro atoms. The van der Waals surface area contributed by atoms with Gasteiger partial charge in [-0.1, -0.05) is 109 Å². The summed E-state index contributed by atoms with van der Waals surface area (Å²) in [4.78, 5) is 15.0. The average Bonchev–Trinajstić information content (AvgIpc) is 3.12. The van der Waals surface area contributed by atoms with Crippen molar-refractivity contribution in [3.63, 3.8) is 0 Å². The van der Waals surface area contributed by atoms with Crippen molar-refractivity contribution < 1.29 is 4.74 Å². The zero-order valence-electron chi connectivity index (χ0n) is 24.2. The van der Waals surface area contributed by atoms with E-state index in [1.807, 2.05) is 54.7 Å². The highest BCUT2D eigenvalue weighted by Gasteiger charge is 2.21. The Balaban J connectivity index is 1.14. The van der Waals surface area contributed by atoms with Gasteiger partial charge in [0.25, 0.3) is 0 Å². The summed E-state index contributed by atoms with van der Waals surface area (Å²) < 4.78 is 6.31. The molecule has 0 fully saturated rings. The third-order valence-electron chi connectivity index (χ3n) is 8.52. The quantitative estimate of drug-likeness (QED) is 0.209. The van der Waals surface area contributed by atoms with Gasteiger partial charge in [0.15, 0.2) is 5.82 Å². The maximum Gasteiger partial charge on any atom is 0.160 e. The van der Waals surface area contributed by atoms with Crippen LogP contribution in [0.5, 0.6) is 11.5 Å². The Morgan fingerprint density at radius 2 is 1.13 bits per heavy atom. The monoisotopic (exact) mass is 575 g/mol. The Labute approximate surface area is 260 Å². The van der Waals surface area contributed by atoms with Crippen molar-refractivity contribution in [2.45, 2.75) is 0 Å². The van der Waals surface area contributed by atoms with Gasteiger partial charge >= 0.3 is 0 Å². The van der Waals surface area contributed by atoms with Crippen molar-refractivity contribution in [2.24, 2.45) is 0 Å². The normalized spacial score (nSPS) is 11.7. The van der Waals surface area contributed by atoms with E-state index >= 15 is 0 Å². The van der Waals surface area contributed by atoms with Crippen LogP contribution in [0.25, 0.3) is 77.8 Å². The molecule has 4 heteroatoms. The average molecular weight is 576 g/mol. The molecule has 0 unspecified atom stereocenters. The third kappa shape index (κ3) is 4.35. The fourth-order valence-corrected chi connectivity index (χ4v) is 6.32. The number of fused-ring (bicyclic) bond motifs is 3. The van der Waals surface area contributed by atoms with Gasteiger partial charge in [0.1, 0.15) is 11.5 Å². The molecule has 45 heavy (non-hydrogen) atoms. The topological polar surface area (TPSA) is 47.9 Å². The minimum absolute atomic E-state index is 0.685. The van der Waals surface area contributed by atoms with Crippen molar-refractivity contribution >= 4 is 21.5 Å². The van der Waals surface area contributed by atoms with Crippen molar-refractivity contribution in [2.75, 3.05) is 0 Å². The first-order valence-electron chi connectivity index (χ1n) is 15.0. The number of nitrogens with zero attached hydrogens (tertiary/aromatic N) is 3. The van der Waals surface area contributed by atoms with Crippen molar-refractivity contribution in [3.05, 3.63) is 152 Å². The largest absolute Gasteiger partial charge is 0.456 e. The van der Waals surface area contributed by atoms with E-state index in [0.29, 0.717) is 5.82 Å². The maximum atomic E-state index is 6.31. The highest BCUT2D eigenvalue weighted by Crippen LogP contribution is 2.48. The molecule has 0 radical (unpaired) electrons. The van der Waals surface area contributed by atoms with Crippen LogP contribution >= 0.6 is 0 Å². The van der Waals surface area contributed by atoms with Crippen LogP contribution in [-0.2, 0) is 0 Å². The number of hydrogen-bond donors (Lipinski definition) is 0. The Kier molecular flexibility index (Phi) is 5.78. The van der Waals surface area contributed by atoms with E-state index in [1.54, 1.807) is 0 Å². The molecule has 2 aromatic heterocycles. The van der Waals surface area contributed by atoms with Gasteiger partial charge in [-0.15, -0.1) is 0 Å². The molecule has 0 amide bonds. The van der Waals surface area contributed by atoms with Gasteiger partial charge in [0.2, 0.25) is 0 Å². The minimum Gasteiger partial charge on any atom is -0.456 e. The standard InChI is InChI=1S/C41H25N3O/c1-3-10-26(11-4-1)35-24-36(27-12-5-2-6-13-27)44-41(43-35)29-19-18-28-23-37(42-25-30(28)22-29)31-20-21-39-40-33(31)15-9-16-34(40)32-14-7-8-17-38(32)45-39/h1-25H.